The van der Waals surface area contributed by atoms with Gasteiger partial charge < -0.3 is 9.47 Å². The van der Waals surface area contributed by atoms with Crippen LogP contribution in [0.4, 0.5) is 0 Å². The van der Waals surface area contributed by atoms with E-state index in [9.17, 15) is 4.79 Å². The normalized spacial score (nSPS) is 18.1. The molecule has 1 fully saturated rings. The molecule has 6 nitrogen and oxygen atoms in total. The van der Waals surface area contributed by atoms with Crippen LogP contribution in [0.25, 0.3) is 0 Å². The molecule has 7 heteroatoms. The molecule has 0 bridgehead atoms. The van der Waals surface area contributed by atoms with Crippen molar-refractivity contribution in [3.8, 4) is 0 Å². The van der Waals surface area contributed by atoms with Crippen molar-refractivity contribution in [3.63, 3.8) is 0 Å². The summed E-state index contributed by atoms with van der Waals surface area (Å²) < 4.78 is 2.53. The largest absolute Gasteiger partial charge is 0.342 e. The highest BCUT2D eigenvalue weighted by Crippen LogP contribution is 2.25. The van der Waals surface area contributed by atoms with Crippen LogP contribution < -0.4 is 0 Å². The van der Waals surface area contributed by atoms with Crippen LogP contribution in [0.3, 0.4) is 0 Å². The Labute approximate surface area is 140 Å². The zero-order valence-corrected chi connectivity index (χ0v) is 14.1. The maximum absolute atomic E-state index is 12.5. The molecule has 0 saturated carbocycles. The number of rotatable bonds is 4. The van der Waals surface area contributed by atoms with Crippen LogP contribution in [0, 0.1) is 4.77 Å². The Kier molecular flexibility index (Phi) is 4.85. The van der Waals surface area contributed by atoms with Crippen molar-refractivity contribution in [2.45, 2.75) is 31.6 Å². The summed E-state index contributed by atoms with van der Waals surface area (Å²) in [6.07, 6.45) is 6.87. The number of hydrogen-bond donors (Lipinski definition) is 1. The van der Waals surface area contributed by atoms with E-state index >= 15 is 0 Å². The lowest BCUT2D eigenvalue weighted by molar-refractivity contribution is -0.132. The van der Waals surface area contributed by atoms with Crippen molar-refractivity contribution >= 4 is 18.1 Å². The molecule has 1 aliphatic rings. The molecule has 3 heterocycles. The van der Waals surface area contributed by atoms with Gasteiger partial charge in [0.05, 0.1) is 0 Å². The number of likely N-dealkylation sites (tertiary alicyclic amines) is 1. The minimum absolute atomic E-state index is 0.204. The lowest BCUT2D eigenvalue weighted by atomic mass is 9.96. The van der Waals surface area contributed by atoms with Crippen LogP contribution in [0.1, 0.15) is 36.6 Å². The number of nitrogens with zero attached hydrogens (tertiary/aromatic N) is 4. The number of piperidine rings is 1. The lowest BCUT2D eigenvalue weighted by Crippen LogP contribution is -2.39. The molecule has 1 aliphatic heterocycles. The van der Waals surface area contributed by atoms with Gasteiger partial charge in [0.2, 0.25) is 5.91 Å². The number of nitrogens with one attached hydrogen (secondary N) is 1. The number of carbonyl (C=O) groups excluding carboxylic acids is 1. The number of aromatic nitrogens is 4. The van der Waals surface area contributed by atoms with Gasteiger partial charge in [-0.25, -0.2) is 0 Å². The van der Waals surface area contributed by atoms with Gasteiger partial charge in [-0.3, -0.25) is 14.9 Å². The van der Waals surface area contributed by atoms with E-state index in [1.807, 2.05) is 34.8 Å². The summed E-state index contributed by atoms with van der Waals surface area (Å²) in [5.41, 5.74) is 1.10. The smallest absolute Gasteiger partial charge is 0.222 e. The van der Waals surface area contributed by atoms with Crippen LogP contribution in [0.15, 0.2) is 24.5 Å². The molecular weight excluding hydrogens is 310 g/mol. The molecule has 1 unspecified atom stereocenters. The predicted octanol–water partition coefficient (Wildman–Crippen LogP) is 2.21. The quantitative estimate of drug-likeness (QED) is 0.872. The minimum atomic E-state index is 0.204. The summed E-state index contributed by atoms with van der Waals surface area (Å²) in [4.78, 5) is 18.5. The average Bonchev–Trinajstić information content (AvgIpc) is 2.93. The zero-order valence-electron chi connectivity index (χ0n) is 13.2. The van der Waals surface area contributed by atoms with E-state index in [0.717, 1.165) is 43.7 Å². The van der Waals surface area contributed by atoms with Crippen molar-refractivity contribution in [2.24, 2.45) is 7.05 Å². The molecule has 1 saturated heterocycles. The number of amides is 1. The van der Waals surface area contributed by atoms with E-state index in [2.05, 4.69) is 15.2 Å². The Morgan fingerprint density at radius 1 is 1.52 bits per heavy atom. The van der Waals surface area contributed by atoms with Gasteiger partial charge in [0.15, 0.2) is 4.77 Å². The maximum Gasteiger partial charge on any atom is 0.222 e. The van der Waals surface area contributed by atoms with E-state index in [0.29, 0.717) is 11.2 Å². The van der Waals surface area contributed by atoms with Gasteiger partial charge in [-0.2, -0.15) is 5.10 Å². The highest BCUT2D eigenvalue weighted by molar-refractivity contribution is 7.71. The molecule has 1 N–H and O–H groups in total. The van der Waals surface area contributed by atoms with E-state index in [-0.39, 0.29) is 11.8 Å². The van der Waals surface area contributed by atoms with E-state index < -0.39 is 0 Å². The van der Waals surface area contributed by atoms with Crippen molar-refractivity contribution in [1.29, 1.82) is 0 Å². The fourth-order valence-electron chi connectivity index (χ4n) is 3.09. The third kappa shape index (κ3) is 3.67. The molecule has 2 aromatic heterocycles. The van der Waals surface area contributed by atoms with Crippen LogP contribution in [0.2, 0.25) is 0 Å². The van der Waals surface area contributed by atoms with E-state index in [4.69, 9.17) is 12.2 Å². The second-order valence-corrected chi connectivity index (χ2v) is 6.37. The first-order valence-corrected chi connectivity index (χ1v) is 8.34. The number of hydrogen-bond acceptors (Lipinski definition) is 4. The van der Waals surface area contributed by atoms with Crippen molar-refractivity contribution in [1.82, 2.24) is 24.6 Å². The van der Waals surface area contributed by atoms with Crippen LogP contribution in [-0.4, -0.2) is 43.6 Å². The van der Waals surface area contributed by atoms with Gasteiger partial charge in [0, 0.05) is 44.9 Å². The summed E-state index contributed by atoms with van der Waals surface area (Å²) in [5.74, 6) is 1.40. The number of H-pyrrole nitrogens is 1. The third-order valence-corrected chi connectivity index (χ3v) is 4.77. The van der Waals surface area contributed by atoms with Gasteiger partial charge in [-0.1, -0.05) is 6.07 Å². The fraction of sp³-hybridized carbons (Fsp3) is 0.500. The first kappa shape index (κ1) is 15.9. The molecule has 1 amide bonds. The molecule has 0 aromatic carbocycles. The second kappa shape index (κ2) is 7.04. The minimum Gasteiger partial charge on any atom is -0.342 e. The Hall–Kier alpha value is -2.02. The second-order valence-electron chi connectivity index (χ2n) is 5.99. The molecule has 3 rings (SSSR count). The Morgan fingerprint density at radius 2 is 2.39 bits per heavy atom. The first-order valence-electron chi connectivity index (χ1n) is 7.93. The summed E-state index contributed by atoms with van der Waals surface area (Å²) >= 11 is 5.18. The van der Waals surface area contributed by atoms with Crippen LogP contribution in [-0.2, 0) is 18.3 Å². The molecule has 2 aromatic rings. The highest BCUT2D eigenvalue weighted by Gasteiger charge is 2.27. The van der Waals surface area contributed by atoms with Gasteiger partial charge in [-0.05, 0) is 43.1 Å². The molecule has 23 heavy (non-hydrogen) atoms. The van der Waals surface area contributed by atoms with E-state index in [1.165, 1.54) is 0 Å². The third-order valence-electron chi connectivity index (χ3n) is 4.40. The maximum atomic E-state index is 12.5. The number of pyridine rings is 1. The monoisotopic (exact) mass is 331 g/mol. The average molecular weight is 331 g/mol. The Balaban J connectivity index is 1.60. The van der Waals surface area contributed by atoms with Gasteiger partial charge in [0.25, 0.3) is 0 Å². The van der Waals surface area contributed by atoms with Crippen LogP contribution >= 0.6 is 12.2 Å². The van der Waals surface area contributed by atoms with Crippen molar-refractivity contribution < 1.29 is 4.79 Å². The Bertz CT molecular complexity index is 724. The van der Waals surface area contributed by atoms with Gasteiger partial charge in [-0.15, -0.1) is 0 Å². The molecule has 0 radical (unpaired) electrons. The van der Waals surface area contributed by atoms with Gasteiger partial charge in [0.1, 0.15) is 5.82 Å². The summed E-state index contributed by atoms with van der Waals surface area (Å²) in [6.45, 7) is 1.55. The summed E-state index contributed by atoms with van der Waals surface area (Å²) in [5, 5.41) is 7.16. The molecule has 122 valence electrons. The van der Waals surface area contributed by atoms with Crippen molar-refractivity contribution in [3.05, 3.63) is 40.7 Å². The van der Waals surface area contributed by atoms with Crippen LogP contribution in [0.5, 0.6) is 0 Å². The number of aryl methyl sites for hydroxylation is 1. The van der Waals surface area contributed by atoms with E-state index in [1.54, 1.807) is 6.20 Å². The molecule has 0 spiro atoms. The molecule has 1 atom stereocenters. The summed E-state index contributed by atoms with van der Waals surface area (Å²) in [7, 11) is 1.92. The zero-order chi connectivity index (χ0) is 16.2. The fourth-order valence-corrected chi connectivity index (χ4v) is 3.23. The summed E-state index contributed by atoms with van der Waals surface area (Å²) in [6, 6.07) is 3.91. The SMILES string of the molecule is Cn1c(C2CCCN(C(=O)CCc3cccnc3)C2)n[nH]c1=S. The lowest BCUT2D eigenvalue weighted by Gasteiger charge is -2.32. The topological polar surface area (TPSA) is 66.8 Å². The molecule has 0 aliphatic carbocycles. The number of carbonyl (C=O) groups is 1. The van der Waals surface area contributed by atoms with Crippen molar-refractivity contribution in [2.75, 3.05) is 13.1 Å². The number of aromatic amines is 1. The molecular formula is C16H21N5OS. The highest BCUT2D eigenvalue weighted by atomic mass is 32.1. The Morgan fingerprint density at radius 3 is 3.09 bits per heavy atom. The van der Waals surface area contributed by atoms with Gasteiger partial charge >= 0.3 is 0 Å². The first-order chi connectivity index (χ1) is 11.1. The standard InChI is InChI=1S/C16H21N5OS/c1-20-15(18-19-16(20)23)13-5-3-9-21(11-13)14(22)7-6-12-4-2-8-17-10-12/h2,4,8,10,13H,3,5-7,9,11H2,1H3,(H,19,23). The predicted molar refractivity (Wildman–Crippen MR) is 89.5 cm³/mol.